The van der Waals surface area contributed by atoms with Gasteiger partial charge in [-0.2, -0.15) is 0 Å². The Kier molecular flexibility index (Phi) is 5.32. The molecule has 0 radical (unpaired) electrons. The highest BCUT2D eigenvalue weighted by Gasteiger charge is 2.47. The van der Waals surface area contributed by atoms with Gasteiger partial charge in [0.15, 0.2) is 0 Å². The molecule has 1 atom stereocenters. The molecule has 1 unspecified atom stereocenters. The molecule has 1 amide bonds. The van der Waals surface area contributed by atoms with Crippen molar-refractivity contribution in [3.05, 3.63) is 111 Å². The lowest BCUT2D eigenvalue weighted by Crippen LogP contribution is -2.29. The van der Waals surface area contributed by atoms with Gasteiger partial charge in [-0.25, -0.2) is 0 Å². The number of aryl methyl sites for hydroxylation is 2. The second-order valence-corrected chi connectivity index (χ2v) is 7.73. The maximum atomic E-state index is 13.2. The fourth-order valence-corrected chi connectivity index (χ4v) is 4.06. The summed E-state index contributed by atoms with van der Waals surface area (Å²) < 4.78 is 0. The van der Waals surface area contributed by atoms with Crippen LogP contribution in [0.4, 0.5) is 11.4 Å². The Hall–Kier alpha value is -4.26. The van der Waals surface area contributed by atoms with E-state index in [9.17, 15) is 24.8 Å². The van der Waals surface area contributed by atoms with Crippen molar-refractivity contribution in [2.75, 3.05) is 4.90 Å². The van der Waals surface area contributed by atoms with Gasteiger partial charge in [0.1, 0.15) is 5.76 Å². The third-order valence-corrected chi connectivity index (χ3v) is 5.37. The van der Waals surface area contributed by atoms with E-state index in [4.69, 9.17) is 0 Å². The largest absolute Gasteiger partial charge is 0.507 e. The second-order valence-electron chi connectivity index (χ2n) is 7.73. The zero-order valence-electron chi connectivity index (χ0n) is 17.5. The lowest BCUT2D eigenvalue weighted by Gasteiger charge is -2.26. The summed E-state index contributed by atoms with van der Waals surface area (Å²) in [7, 11) is 0. The van der Waals surface area contributed by atoms with Crippen LogP contribution in [0.25, 0.3) is 5.76 Å². The molecule has 3 aromatic carbocycles. The van der Waals surface area contributed by atoms with Crippen molar-refractivity contribution < 1.29 is 19.6 Å². The van der Waals surface area contributed by atoms with E-state index < -0.39 is 28.4 Å². The minimum Gasteiger partial charge on any atom is -0.507 e. The number of Topliss-reactive ketones (excluding diaryl/α,β-unsaturated/α-hetero) is 1. The Bertz CT molecular complexity index is 1260. The van der Waals surface area contributed by atoms with E-state index in [2.05, 4.69) is 0 Å². The maximum Gasteiger partial charge on any atom is 0.300 e. The van der Waals surface area contributed by atoms with Gasteiger partial charge in [0.25, 0.3) is 17.4 Å². The Morgan fingerprint density at radius 2 is 1.59 bits per heavy atom. The number of anilines is 1. The molecule has 160 valence electrons. The number of non-ortho nitro benzene ring substituents is 1. The molecule has 1 aliphatic rings. The predicted octanol–water partition coefficient (Wildman–Crippen LogP) is 4.84. The van der Waals surface area contributed by atoms with Gasteiger partial charge >= 0.3 is 0 Å². The van der Waals surface area contributed by atoms with Crippen molar-refractivity contribution in [3.63, 3.8) is 0 Å². The number of nitro benzene ring substituents is 1. The summed E-state index contributed by atoms with van der Waals surface area (Å²) in [6, 6.07) is 19.0. The van der Waals surface area contributed by atoms with E-state index >= 15 is 0 Å². The standard InChI is InChI=1S/C25H20N2O5/c1-15-11-16(2)13-20(12-15)26-22(17-7-4-3-5-8-17)21(24(29)25(26)30)23(28)18-9-6-10-19(14-18)27(31)32/h3-14,22,28H,1-2H3/b23-21-. The number of aliphatic hydroxyl groups is 1. The smallest absolute Gasteiger partial charge is 0.300 e. The first-order chi connectivity index (χ1) is 15.3. The van der Waals surface area contributed by atoms with Crippen LogP contribution in [-0.4, -0.2) is 21.7 Å². The maximum absolute atomic E-state index is 13.2. The molecule has 4 rings (SSSR count). The molecule has 0 saturated carbocycles. The number of hydrogen-bond acceptors (Lipinski definition) is 5. The highest BCUT2D eigenvalue weighted by atomic mass is 16.6. The van der Waals surface area contributed by atoms with Crippen LogP contribution in [0, 0.1) is 24.0 Å². The van der Waals surface area contributed by atoms with Crippen molar-refractivity contribution >= 4 is 28.8 Å². The first-order valence-corrected chi connectivity index (χ1v) is 9.97. The molecular weight excluding hydrogens is 408 g/mol. The van der Waals surface area contributed by atoms with Crippen molar-refractivity contribution in [2.45, 2.75) is 19.9 Å². The lowest BCUT2D eigenvalue weighted by atomic mass is 9.95. The van der Waals surface area contributed by atoms with Crippen LogP contribution in [0.2, 0.25) is 0 Å². The quantitative estimate of drug-likeness (QED) is 0.211. The van der Waals surface area contributed by atoms with E-state index in [1.54, 1.807) is 24.3 Å². The zero-order valence-corrected chi connectivity index (χ0v) is 17.5. The van der Waals surface area contributed by atoms with Gasteiger partial charge in [-0.15, -0.1) is 0 Å². The van der Waals surface area contributed by atoms with Crippen LogP contribution in [0.1, 0.15) is 28.3 Å². The van der Waals surface area contributed by atoms with Crippen LogP contribution >= 0.6 is 0 Å². The van der Waals surface area contributed by atoms with Gasteiger partial charge in [-0.05, 0) is 42.7 Å². The van der Waals surface area contributed by atoms with Gasteiger partial charge in [0, 0.05) is 23.4 Å². The van der Waals surface area contributed by atoms with Crippen molar-refractivity contribution in [3.8, 4) is 0 Å². The van der Waals surface area contributed by atoms with Crippen LogP contribution in [-0.2, 0) is 9.59 Å². The van der Waals surface area contributed by atoms with Gasteiger partial charge in [0.05, 0.1) is 16.5 Å². The second kappa shape index (κ2) is 8.11. The van der Waals surface area contributed by atoms with E-state index in [0.717, 1.165) is 11.1 Å². The highest BCUT2D eigenvalue weighted by molar-refractivity contribution is 6.51. The molecule has 0 spiro atoms. The Morgan fingerprint density at radius 1 is 0.938 bits per heavy atom. The number of rotatable bonds is 4. The minimum absolute atomic E-state index is 0.0959. The number of amides is 1. The number of nitro groups is 1. The number of nitrogens with zero attached hydrogens (tertiary/aromatic N) is 2. The van der Waals surface area contributed by atoms with Gasteiger partial charge in [-0.3, -0.25) is 24.6 Å². The van der Waals surface area contributed by atoms with Crippen molar-refractivity contribution in [1.29, 1.82) is 0 Å². The molecule has 7 nitrogen and oxygen atoms in total. The predicted molar refractivity (Wildman–Crippen MR) is 120 cm³/mol. The molecule has 0 aliphatic carbocycles. The van der Waals surface area contributed by atoms with Crippen LogP contribution < -0.4 is 4.90 Å². The normalized spacial score (nSPS) is 17.6. The number of carbonyl (C=O) groups excluding carboxylic acids is 2. The van der Waals surface area contributed by atoms with E-state index in [1.807, 2.05) is 38.1 Å². The molecular formula is C25H20N2O5. The SMILES string of the molecule is Cc1cc(C)cc(N2C(=O)C(=O)/C(=C(\O)c3cccc([N+](=O)[O-])c3)C2c2ccccc2)c1. The molecule has 1 heterocycles. The summed E-state index contributed by atoms with van der Waals surface area (Å²) in [5.41, 5.74) is 2.78. The Labute approximate surface area is 184 Å². The van der Waals surface area contributed by atoms with Crippen LogP contribution in [0.3, 0.4) is 0 Å². The molecule has 7 heteroatoms. The third kappa shape index (κ3) is 3.65. The fraction of sp³-hybridized carbons (Fsp3) is 0.120. The van der Waals surface area contributed by atoms with Crippen molar-refractivity contribution in [2.24, 2.45) is 0 Å². The number of benzene rings is 3. The van der Waals surface area contributed by atoms with E-state index in [1.165, 1.54) is 29.2 Å². The van der Waals surface area contributed by atoms with Gasteiger partial charge in [-0.1, -0.05) is 48.5 Å². The van der Waals surface area contributed by atoms with E-state index in [-0.39, 0.29) is 16.8 Å². The summed E-state index contributed by atoms with van der Waals surface area (Å²) in [5, 5.41) is 22.3. The lowest BCUT2D eigenvalue weighted by molar-refractivity contribution is -0.384. The molecule has 0 bridgehead atoms. The van der Waals surface area contributed by atoms with E-state index in [0.29, 0.717) is 11.3 Å². The van der Waals surface area contributed by atoms with Crippen molar-refractivity contribution in [1.82, 2.24) is 0 Å². The summed E-state index contributed by atoms with van der Waals surface area (Å²) >= 11 is 0. The average molecular weight is 428 g/mol. The fourth-order valence-electron chi connectivity index (χ4n) is 4.06. The third-order valence-electron chi connectivity index (χ3n) is 5.37. The highest BCUT2D eigenvalue weighted by Crippen LogP contribution is 2.42. The average Bonchev–Trinajstić information content (AvgIpc) is 3.04. The Balaban J connectivity index is 1.96. The molecule has 0 aromatic heterocycles. The van der Waals surface area contributed by atoms with Crippen LogP contribution in [0.15, 0.2) is 78.4 Å². The van der Waals surface area contributed by atoms with Gasteiger partial charge in [0.2, 0.25) is 0 Å². The molecule has 3 aromatic rings. The molecule has 1 saturated heterocycles. The summed E-state index contributed by atoms with van der Waals surface area (Å²) in [5.74, 6) is -2.06. The molecule has 1 aliphatic heterocycles. The topological polar surface area (TPSA) is 101 Å². The van der Waals surface area contributed by atoms with Crippen LogP contribution in [0.5, 0.6) is 0 Å². The molecule has 32 heavy (non-hydrogen) atoms. The summed E-state index contributed by atoms with van der Waals surface area (Å²) in [6.45, 7) is 3.79. The monoisotopic (exact) mass is 428 g/mol. The first-order valence-electron chi connectivity index (χ1n) is 9.97. The number of carbonyl (C=O) groups is 2. The minimum atomic E-state index is -0.878. The van der Waals surface area contributed by atoms with Gasteiger partial charge < -0.3 is 5.11 Å². The first kappa shape index (κ1) is 21.0. The number of hydrogen-bond donors (Lipinski definition) is 1. The molecule has 1 N–H and O–H groups in total. The summed E-state index contributed by atoms with van der Waals surface area (Å²) in [6.07, 6.45) is 0. The Morgan fingerprint density at radius 3 is 2.22 bits per heavy atom. The molecule has 1 fully saturated rings. The zero-order chi connectivity index (χ0) is 23.0. The number of ketones is 1. The summed E-state index contributed by atoms with van der Waals surface area (Å²) in [4.78, 5) is 38.3. The number of aliphatic hydroxyl groups excluding tert-OH is 1.